The lowest BCUT2D eigenvalue weighted by Gasteiger charge is -2.37. The fourth-order valence-corrected chi connectivity index (χ4v) is 6.16. The molecule has 0 aliphatic carbocycles. The van der Waals surface area contributed by atoms with Crippen molar-refractivity contribution >= 4 is 21.7 Å². The molecule has 6 nitrogen and oxygen atoms in total. The Morgan fingerprint density at radius 3 is 2.61 bits per heavy atom. The van der Waals surface area contributed by atoms with Crippen molar-refractivity contribution in [2.75, 3.05) is 50.7 Å². The third-order valence-electron chi connectivity index (χ3n) is 6.93. The van der Waals surface area contributed by atoms with E-state index in [4.69, 9.17) is 4.74 Å². The third-order valence-corrected chi connectivity index (χ3v) is 8.70. The van der Waals surface area contributed by atoms with E-state index in [0.29, 0.717) is 12.5 Å². The molecule has 1 fully saturated rings. The molecule has 4 rings (SSSR count). The molecule has 180 valence electrons. The lowest BCUT2D eigenvalue weighted by atomic mass is 9.97. The summed E-state index contributed by atoms with van der Waals surface area (Å²) in [7, 11) is -0.451. The molecule has 2 aliphatic rings. The highest BCUT2D eigenvalue weighted by molar-refractivity contribution is 7.99. The van der Waals surface area contributed by atoms with E-state index in [-0.39, 0.29) is 5.91 Å². The molecule has 1 amide bonds. The second-order valence-corrected chi connectivity index (χ2v) is 12.7. The first kappa shape index (κ1) is 23.8. The average Bonchev–Trinajstić information content (AvgIpc) is 2.82. The molecule has 7 heteroatoms. The van der Waals surface area contributed by atoms with Gasteiger partial charge in [0.1, 0.15) is 5.75 Å². The van der Waals surface area contributed by atoms with Gasteiger partial charge >= 0.3 is 0 Å². The van der Waals surface area contributed by atoms with E-state index in [1.807, 2.05) is 36.8 Å². The van der Waals surface area contributed by atoms with E-state index in [0.717, 1.165) is 63.2 Å². The average molecular weight is 472 g/mol. The lowest BCUT2D eigenvalue weighted by Crippen LogP contribution is -2.43. The van der Waals surface area contributed by atoms with Crippen LogP contribution in [0.2, 0.25) is 0 Å². The highest BCUT2D eigenvalue weighted by Crippen LogP contribution is 2.31. The Balaban J connectivity index is 1.37. The van der Waals surface area contributed by atoms with Crippen molar-refractivity contribution in [2.24, 2.45) is 5.92 Å². The van der Waals surface area contributed by atoms with Gasteiger partial charge in [0.25, 0.3) is 5.91 Å². The molecule has 2 heterocycles. The summed E-state index contributed by atoms with van der Waals surface area (Å²) in [6.07, 6.45) is 7.70. The molecule has 2 aromatic carbocycles. The summed E-state index contributed by atoms with van der Waals surface area (Å²) in [6, 6.07) is 14.3. The number of aryl methyl sites for hydroxylation is 1. The van der Waals surface area contributed by atoms with E-state index in [1.54, 1.807) is 7.11 Å². The number of fused-ring (bicyclic) bond motifs is 1. The van der Waals surface area contributed by atoms with Gasteiger partial charge in [-0.3, -0.25) is 9.00 Å². The second-order valence-electron chi connectivity index (χ2n) is 9.58. The number of rotatable bonds is 7. The van der Waals surface area contributed by atoms with Crippen LogP contribution in [0.25, 0.3) is 0 Å². The van der Waals surface area contributed by atoms with Crippen molar-refractivity contribution in [3.05, 3.63) is 59.2 Å². The van der Waals surface area contributed by atoms with Gasteiger partial charge in [-0.2, -0.15) is 0 Å². The van der Waals surface area contributed by atoms with E-state index in [9.17, 15) is 9.00 Å². The van der Waals surface area contributed by atoms with Crippen LogP contribution in [-0.4, -0.2) is 60.2 Å². The number of benzene rings is 2. The zero-order chi connectivity index (χ0) is 23.4. The maximum absolute atomic E-state index is 12.9. The van der Waals surface area contributed by atoms with Gasteiger partial charge in [-0.25, -0.2) is 4.31 Å². The molecular formula is C26H37N3O3S. The molecular weight excluding hydrogens is 434 g/mol. The zero-order valence-electron chi connectivity index (χ0n) is 20.0. The molecule has 1 N–H and O–H groups in total. The number of carbonyl (C=O) groups is 1. The number of methoxy groups -OCH3 is 1. The fraction of sp³-hybridized carbons (Fsp3) is 0.500. The number of carbonyl (C=O) groups excluding carboxylic acids is 1. The zero-order valence-corrected chi connectivity index (χ0v) is 20.9. The van der Waals surface area contributed by atoms with Crippen LogP contribution in [0.5, 0.6) is 5.75 Å². The highest BCUT2D eigenvalue weighted by atomic mass is 32.3. The second kappa shape index (κ2) is 10.3. The summed E-state index contributed by atoms with van der Waals surface area (Å²) in [5.41, 5.74) is 4.35. The number of anilines is 1. The molecule has 0 radical (unpaired) electrons. The fourth-order valence-electron chi connectivity index (χ4n) is 4.96. The van der Waals surface area contributed by atoms with Gasteiger partial charge in [0, 0.05) is 62.0 Å². The number of nitrogens with zero attached hydrogens (tertiary/aromatic N) is 2. The van der Waals surface area contributed by atoms with Crippen LogP contribution in [0.4, 0.5) is 5.69 Å². The summed E-state index contributed by atoms with van der Waals surface area (Å²) >= 11 is 0. The largest absolute Gasteiger partial charge is 0.496 e. The molecule has 2 aliphatic heterocycles. The molecule has 0 atom stereocenters. The van der Waals surface area contributed by atoms with Crippen LogP contribution in [0.3, 0.4) is 0 Å². The molecule has 2 aromatic rings. The molecule has 0 bridgehead atoms. The van der Waals surface area contributed by atoms with Gasteiger partial charge in [-0.15, -0.1) is 0 Å². The van der Waals surface area contributed by atoms with Gasteiger partial charge < -0.3 is 15.0 Å². The van der Waals surface area contributed by atoms with E-state index in [1.165, 1.54) is 16.8 Å². The van der Waals surface area contributed by atoms with Gasteiger partial charge in [0.15, 0.2) is 0 Å². The number of para-hydroxylation sites is 1. The Morgan fingerprint density at radius 1 is 1.12 bits per heavy atom. The summed E-state index contributed by atoms with van der Waals surface area (Å²) in [4.78, 5) is 15.2. The molecule has 0 aromatic heterocycles. The van der Waals surface area contributed by atoms with E-state index < -0.39 is 10.1 Å². The van der Waals surface area contributed by atoms with Crippen molar-refractivity contribution in [2.45, 2.75) is 32.2 Å². The number of nitrogens with one attached hydrogen (secondary N) is 1. The third kappa shape index (κ3) is 5.76. The van der Waals surface area contributed by atoms with Crippen molar-refractivity contribution in [1.29, 1.82) is 0 Å². The highest BCUT2D eigenvalue weighted by Gasteiger charge is 2.24. The van der Waals surface area contributed by atoms with Crippen molar-refractivity contribution < 1.29 is 13.7 Å². The molecule has 0 unspecified atom stereocenters. The Bertz CT molecular complexity index is 1030. The number of ether oxygens (including phenoxy) is 1. The molecule has 0 spiro atoms. The normalized spacial score (nSPS) is 18.0. The maximum atomic E-state index is 12.9. The van der Waals surface area contributed by atoms with E-state index in [2.05, 4.69) is 32.7 Å². The maximum Gasteiger partial charge on any atom is 0.251 e. The summed E-state index contributed by atoms with van der Waals surface area (Å²) < 4.78 is 19.9. The number of hydrogen-bond donors (Lipinski definition) is 2. The van der Waals surface area contributed by atoms with Crippen LogP contribution in [0, 0.1) is 5.92 Å². The minimum Gasteiger partial charge on any atom is -0.496 e. The minimum absolute atomic E-state index is 0.00117. The standard InChI is InChI=1S/C26H37N3O3S/c1-32-25-9-5-4-7-23(25)19-28-14-6-8-21-17-22(10-11-24(21)28)26(30)27-18-20-12-15-29(16-13-20)33(2,3)31/h4-5,7,9-11,17,20,33H,6,8,12-16,18-19H2,1-3H3,(H,27,30). The number of piperidine rings is 1. The molecule has 0 saturated carbocycles. The minimum atomic E-state index is -2.16. The first-order chi connectivity index (χ1) is 15.8. The Kier molecular flexibility index (Phi) is 7.39. The first-order valence-corrected chi connectivity index (χ1v) is 14.5. The predicted molar refractivity (Wildman–Crippen MR) is 137 cm³/mol. The number of hydrogen-bond acceptors (Lipinski definition) is 4. The summed E-state index contributed by atoms with van der Waals surface area (Å²) in [6.45, 7) is 4.18. The van der Waals surface area contributed by atoms with Crippen molar-refractivity contribution in [3.63, 3.8) is 0 Å². The lowest BCUT2D eigenvalue weighted by molar-refractivity contribution is 0.0941. The molecule has 33 heavy (non-hydrogen) atoms. The Labute approximate surface area is 198 Å². The number of thiol groups is 1. The van der Waals surface area contributed by atoms with Gasteiger partial charge in [0.05, 0.1) is 7.11 Å². The van der Waals surface area contributed by atoms with Crippen LogP contribution in [0.15, 0.2) is 42.5 Å². The van der Waals surface area contributed by atoms with E-state index >= 15 is 0 Å². The Hall–Kier alpha value is -2.38. The topological polar surface area (TPSA) is 61.9 Å². The quantitative estimate of drug-likeness (QED) is 0.609. The van der Waals surface area contributed by atoms with Gasteiger partial charge in [-0.05, 0) is 61.4 Å². The number of amides is 1. The van der Waals surface area contributed by atoms with Crippen LogP contribution >= 0.6 is 0 Å². The monoisotopic (exact) mass is 471 g/mol. The van der Waals surface area contributed by atoms with Crippen LogP contribution in [0.1, 0.15) is 40.7 Å². The SMILES string of the molecule is COc1ccccc1CN1CCCc2cc(C(=O)NCC3CCN([SH](C)(C)=O)CC3)ccc21. The van der Waals surface area contributed by atoms with Crippen LogP contribution in [-0.2, 0) is 23.1 Å². The smallest absolute Gasteiger partial charge is 0.251 e. The van der Waals surface area contributed by atoms with Crippen LogP contribution < -0.4 is 15.0 Å². The first-order valence-electron chi connectivity index (χ1n) is 11.9. The van der Waals surface area contributed by atoms with Crippen molar-refractivity contribution in [1.82, 2.24) is 9.62 Å². The van der Waals surface area contributed by atoms with Gasteiger partial charge in [0.2, 0.25) is 0 Å². The predicted octanol–water partition coefficient (Wildman–Crippen LogP) is 3.28. The van der Waals surface area contributed by atoms with Crippen molar-refractivity contribution in [3.8, 4) is 5.75 Å². The molecule has 1 saturated heterocycles. The van der Waals surface area contributed by atoms with Gasteiger partial charge in [-0.1, -0.05) is 28.3 Å². The Morgan fingerprint density at radius 2 is 1.88 bits per heavy atom. The summed E-state index contributed by atoms with van der Waals surface area (Å²) in [5.74, 6) is 1.36. The summed E-state index contributed by atoms with van der Waals surface area (Å²) in [5, 5.41) is 3.14.